The van der Waals surface area contributed by atoms with Crippen LogP contribution >= 0.6 is 0 Å². The molecule has 1 aromatic rings. The van der Waals surface area contributed by atoms with Gasteiger partial charge in [0, 0.05) is 5.54 Å². The number of nitrogens with one attached hydrogen (secondary N) is 2. The van der Waals surface area contributed by atoms with Crippen molar-refractivity contribution in [3.63, 3.8) is 0 Å². The lowest BCUT2D eigenvalue weighted by atomic mass is 9.84. The fraction of sp³-hybridized carbons (Fsp3) is 0.636. The summed E-state index contributed by atoms with van der Waals surface area (Å²) in [5, 5.41) is 14.3. The molecule has 1 fully saturated rings. The monoisotopic (exact) mass is 287 g/mol. The number of aromatic amines is 1. The maximum Gasteiger partial charge on any atom is 0.340 e. The summed E-state index contributed by atoms with van der Waals surface area (Å²) in [5.74, 6) is -1.32. The Bertz CT molecular complexity index is 573. The van der Waals surface area contributed by atoms with Crippen LogP contribution in [0.2, 0.25) is 0 Å². The minimum Gasteiger partial charge on any atom is -0.478 e. The number of carboxylic acids is 1. The summed E-state index contributed by atoms with van der Waals surface area (Å²) in [6, 6.07) is 0. The van der Waals surface area contributed by atoms with E-state index >= 15 is 0 Å². The summed E-state index contributed by atoms with van der Waals surface area (Å²) in [7, 11) is -3.90. The van der Waals surface area contributed by atoms with Gasteiger partial charge in [-0.15, -0.1) is 0 Å². The van der Waals surface area contributed by atoms with Crippen molar-refractivity contribution in [1.82, 2.24) is 14.9 Å². The largest absolute Gasteiger partial charge is 0.478 e. The van der Waals surface area contributed by atoms with Crippen LogP contribution in [0, 0.1) is 0 Å². The second-order valence-corrected chi connectivity index (χ2v) is 6.76. The lowest BCUT2D eigenvalue weighted by Gasteiger charge is -2.33. The van der Waals surface area contributed by atoms with Gasteiger partial charge in [0.2, 0.25) is 0 Å². The van der Waals surface area contributed by atoms with Crippen LogP contribution in [0.1, 0.15) is 49.4 Å². The molecule has 1 heterocycles. The van der Waals surface area contributed by atoms with E-state index in [1.807, 2.05) is 6.92 Å². The molecule has 0 aliphatic heterocycles. The first-order chi connectivity index (χ1) is 8.84. The summed E-state index contributed by atoms with van der Waals surface area (Å²) in [6.45, 7) is 1.85. The van der Waals surface area contributed by atoms with Gasteiger partial charge in [0.15, 0.2) is 5.03 Å². The third kappa shape index (κ3) is 2.95. The van der Waals surface area contributed by atoms with Gasteiger partial charge in [-0.25, -0.2) is 17.9 Å². The van der Waals surface area contributed by atoms with Crippen LogP contribution in [0.25, 0.3) is 0 Å². The third-order valence-electron chi connectivity index (χ3n) is 3.44. The van der Waals surface area contributed by atoms with Gasteiger partial charge < -0.3 is 5.11 Å². The molecule has 0 amide bonds. The molecule has 0 atom stereocenters. The predicted octanol–water partition coefficient (Wildman–Crippen LogP) is 1.11. The van der Waals surface area contributed by atoms with Crippen molar-refractivity contribution >= 4 is 16.0 Å². The summed E-state index contributed by atoms with van der Waals surface area (Å²) in [4.78, 5) is 10.9. The lowest BCUT2D eigenvalue weighted by Crippen LogP contribution is -2.47. The zero-order chi connectivity index (χ0) is 14.1. The Labute approximate surface area is 111 Å². The van der Waals surface area contributed by atoms with Gasteiger partial charge in [-0.3, -0.25) is 5.10 Å². The van der Waals surface area contributed by atoms with Crippen LogP contribution in [-0.4, -0.2) is 35.2 Å². The summed E-state index contributed by atoms with van der Waals surface area (Å²) >= 11 is 0. The summed E-state index contributed by atoms with van der Waals surface area (Å²) in [5.41, 5.74) is -0.857. The number of hydrogen-bond acceptors (Lipinski definition) is 4. The minimum atomic E-state index is -3.90. The molecule has 3 N–H and O–H groups in total. The Morgan fingerprint density at radius 2 is 2.05 bits per heavy atom. The van der Waals surface area contributed by atoms with E-state index in [-0.39, 0.29) is 10.6 Å². The molecule has 7 nitrogen and oxygen atoms in total. The number of nitrogens with zero attached hydrogens (tertiary/aromatic N) is 1. The van der Waals surface area contributed by atoms with E-state index in [1.54, 1.807) is 0 Å². The standard InChI is InChI=1S/C11H17N3O4S/c1-11(5-3-2-4-6-11)14-19(17,18)9-8(10(15)16)7-12-13-9/h7,14H,2-6H2,1H3,(H,12,13)(H,15,16). The topological polar surface area (TPSA) is 112 Å². The molecule has 0 aromatic carbocycles. The van der Waals surface area contributed by atoms with E-state index in [4.69, 9.17) is 5.11 Å². The molecule has 1 aromatic heterocycles. The highest BCUT2D eigenvalue weighted by atomic mass is 32.2. The molecule has 0 radical (unpaired) electrons. The highest BCUT2D eigenvalue weighted by molar-refractivity contribution is 7.89. The Hall–Kier alpha value is -1.41. The Morgan fingerprint density at radius 3 is 2.63 bits per heavy atom. The van der Waals surface area contributed by atoms with Crippen molar-refractivity contribution in [1.29, 1.82) is 0 Å². The van der Waals surface area contributed by atoms with Gasteiger partial charge in [-0.05, 0) is 19.8 Å². The maximum absolute atomic E-state index is 12.2. The van der Waals surface area contributed by atoms with Crippen molar-refractivity contribution in [2.75, 3.05) is 0 Å². The quantitative estimate of drug-likeness (QED) is 0.768. The molecule has 1 saturated carbocycles. The molecule has 0 spiro atoms. The maximum atomic E-state index is 12.2. The van der Waals surface area contributed by atoms with E-state index in [9.17, 15) is 13.2 Å². The number of aromatic carboxylic acids is 1. The van der Waals surface area contributed by atoms with E-state index in [0.717, 1.165) is 38.3 Å². The number of H-pyrrole nitrogens is 1. The van der Waals surface area contributed by atoms with Gasteiger partial charge in [0.25, 0.3) is 10.0 Å². The highest BCUT2D eigenvalue weighted by Gasteiger charge is 2.34. The first-order valence-corrected chi connectivity index (χ1v) is 7.63. The fourth-order valence-corrected chi connectivity index (χ4v) is 4.00. The Kier molecular flexibility index (Phi) is 3.64. The van der Waals surface area contributed by atoms with Crippen molar-refractivity contribution in [2.45, 2.75) is 49.6 Å². The number of rotatable bonds is 4. The SMILES string of the molecule is CC1(NS(=O)(=O)c2[nH]ncc2C(=O)O)CCCCC1. The van der Waals surface area contributed by atoms with Crippen LogP contribution in [0.5, 0.6) is 0 Å². The normalized spacial score (nSPS) is 19.2. The molecule has 0 bridgehead atoms. The van der Waals surface area contributed by atoms with Gasteiger partial charge in [0.1, 0.15) is 5.56 Å². The summed E-state index contributed by atoms with van der Waals surface area (Å²) < 4.78 is 27.1. The fourth-order valence-electron chi connectivity index (χ4n) is 2.44. The van der Waals surface area contributed by atoms with E-state index < -0.39 is 21.5 Å². The first-order valence-electron chi connectivity index (χ1n) is 6.15. The van der Waals surface area contributed by atoms with Gasteiger partial charge >= 0.3 is 5.97 Å². The molecule has 8 heteroatoms. The molecular formula is C11H17N3O4S. The number of aromatic nitrogens is 2. The average molecular weight is 287 g/mol. The van der Waals surface area contributed by atoms with Crippen LogP contribution in [0.3, 0.4) is 0 Å². The molecule has 0 unspecified atom stereocenters. The van der Waals surface area contributed by atoms with Crippen molar-refractivity contribution < 1.29 is 18.3 Å². The minimum absolute atomic E-state index is 0.341. The van der Waals surface area contributed by atoms with Gasteiger partial charge in [0.05, 0.1) is 6.20 Å². The number of carbonyl (C=O) groups is 1. The van der Waals surface area contributed by atoms with Crippen LogP contribution < -0.4 is 4.72 Å². The highest BCUT2D eigenvalue weighted by Crippen LogP contribution is 2.29. The molecule has 19 heavy (non-hydrogen) atoms. The Balaban J connectivity index is 2.27. The molecular weight excluding hydrogens is 270 g/mol. The zero-order valence-electron chi connectivity index (χ0n) is 10.6. The molecule has 106 valence electrons. The van der Waals surface area contributed by atoms with Crippen molar-refractivity contribution in [2.24, 2.45) is 0 Å². The number of hydrogen-bond donors (Lipinski definition) is 3. The van der Waals surface area contributed by atoms with Gasteiger partial charge in [-0.2, -0.15) is 5.10 Å². The Morgan fingerprint density at radius 1 is 1.42 bits per heavy atom. The predicted molar refractivity (Wildman–Crippen MR) is 67.4 cm³/mol. The lowest BCUT2D eigenvalue weighted by molar-refractivity contribution is 0.0692. The second kappa shape index (κ2) is 4.93. The number of carboxylic acid groups (broad SMARTS) is 1. The zero-order valence-corrected chi connectivity index (χ0v) is 11.5. The van der Waals surface area contributed by atoms with E-state index in [1.165, 1.54) is 0 Å². The average Bonchev–Trinajstić information content (AvgIpc) is 2.78. The first kappa shape index (κ1) is 14.0. The molecule has 1 aliphatic carbocycles. The van der Waals surface area contributed by atoms with E-state index in [2.05, 4.69) is 14.9 Å². The van der Waals surface area contributed by atoms with Gasteiger partial charge in [-0.1, -0.05) is 19.3 Å². The van der Waals surface area contributed by atoms with Crippen LogP contribution in [0.4, 0.5) is 0 Å². The molecule has 2 rings (SSSR count). The third-order valence-corrected chi connectivity index (χ3v) is 5.05. The molecule has 1 aliphatic rings. The van der Waals surface area contributed by atoms with E-state index in [0.29, 0.717) is 0 Å². The second-order valence-electron chi connectivity index (χ2n) is 5.14. The number of sulfonamides is 1. The van der Waals surface area contributed by atoms with Crippen LogP contribution in [0.15, 0.2) is 11.2 Å². The molecule has 0 saturated heterocycles. The van der Waals surface area contributed by atoms with Crippen molar-refractivity contribution in [3.8, 4) is 0 Å². The smallest absolute Gasteiger partial charge is 0.340 e. The van der Waals surface area contributed by atoms with Crippen molar-refractivity contribution in [3.05, 3.63) is 11.8 Å². The van der Waals surface area contributed by atoms with Crippen LogP contribution in [-0.2, 0) is 10.0 Å². The summed E-state index contributed by atoms with van der Waals surface area (Å²) in [6.07, 6.45) is 5.54.